The minimum absolute atomic E-state index is 0.464. The van der Waals surface area contributed by atoms with Crippen LogP contribution in [0.5, 0.6) is 0 Å². The van der Waals surface area contributed by atoms with E-state index in [1.807, 2.05) is 50.2 Å². The molecule has 0 heterocycles. The Labute approximate surface area is 112 Å². The summed E-state index contributed by atoms with van der Waals surface area (Å²) in [5.74, 6) is -0.496. The average molecular weight is 256 g/mol. The molecule has 0 atom stereocenters. The van der Waals surface area contributed by atoms with Crippen LogP contribution in [0.15, 0.2) is 60.7 Å². The lowest BCUT2D eigenvalue weighted by Gasteiger charge is -2.23. The lowest BCUT2D eigenvalue weighted by atomic mass is 9.99. The molecule has 3 nitrogen and oxygen atoms in total. The molecule has 0 bridgehead atoms. The fourth-order valence-corrected chi connectivity index (χ4v) is 1.65. The summed E-state index contributed by atoms with van der Waals surface area (Å²) < 4.78 is 0. The third kappa shape index (κ3) is 3.42. The van der Waals surface area contributed by atoms with E-state index in [2.05, 4.69) is 0 Å². The van der Waals surface area contributed by atoms with Crippen LogP contribution < -0.4 is 0 Å². The van der Waals surface area contributed by atoms with Crippen LogP contribution in [-0.2, 0) is 15.4 Å². The molecule has 0 N–H and O–H groups in total. The van der Waals surface area contributed by atoms with Crippen molar-refractivity contribution in [2.24, 2.45) is 0 Å². The summed E-state index contributed by atoms with van der Waals surface area (Å²) in [7, 11) is 0. The van der Waals surface area contributed by atoms with Gasteiger partial charge < -0.3 is 0 Å². The largest absolute Gasteiger partial charge is 0.373 e. The van der Waals surface area contributed by atoms with Gasteiger partial charge in [0.15, 0.2) is 0 Å². The van der Waals surface area contributed by atoms with Gasteiger partial charge in [0, 0.05) is 0 Å². The minimum Gasteiger partial charge on any atom is -0.292 e. The van der Waals surface area contributed by atoms with Crippen molar-refractivity contribution < 1.29 is 14.6 Å². The number of hydrogen-bond acceptors (Lipinski definition) is 3. The van der Waals surface area contributed by atoms with Crippen LogP contribution in [0.25, 0.3) is 0 Å². The van der Waals surface area contributed by atoms with E-state index in [0.29, 0.717) is 5.56 Å². The maximum absolute atomic E-state index is 11.8. The first-order valence-electron chi connectivity index (χ1n) is 6.10. The zero-order valence-corrected chi connectivity index (χ0v) is 11.0. The minimum atomic E-state index is -0.689. The van der Waals surface area contributed by atoms with Crippen LogP contribution in [-0.4, -0.2) is 5.97 Å². The molecule has 0 aliphatic rings. The van der Waals surface area contributed by atoms with Crippen molar-refractivity contribution in [1.82, 2.24) is 0 Å². The third-order valence-electron chi connectivity index (χ3n) is 2.80. The highest BCUT2D eigenvalue weighted by atomic mass is 17.2. The molecule has 2 rings (SSSR count). The topological polar surface area (TPSA) is 35.5 Å². The standard InChI is InChI=1S/C16H16O3/c1-16(2,14-11-7-4-8-12-14)19-18-15(17)13-9-5-3-6-10-13/h3-12H,1-2H3. The first kappa shape index (κ1) is 13.3. The Kier molecular flexibility index (Phi) is 3.97. The molecule has 0 aromatic heterocycles. The predicted molar refractivity (Wildman–Crippen MR) is 72.4 cm³/mol. The van der Waals surface area contributed by atoms with E-state index in [1.165, 1.54) is 0 Å². The van der Waals surface area contributed by atoms with Crippen molar-refractivity contribution >= 4 is 5.97 Å². The van der Waals surface area contributed by atoms with Crippen molar-refractivity contribution in [2.75, 3.05) is 0 Å². The highest BCUT2D eigenvalue weighted by Gasteiger charge is 2.24. The first-order chi connectivity index (χ1) is 9.09. The molecule has 2 aromatic rings. The monoisotopic (exact) mass is 256 g/mol. The molecule has 0 amide bonds. The van der Waals surface area contributed by atoms with E-state index in [-0.39, 0.29) is 0 Å². The van der Waals surface area contributed by atoms with Crippen molar-refractivity contribution in [1.29, 1.82) is 0 Å². The zero-order valence-electron chi connectivity index (χ0n) is 11.0. The van der Waals surface area contributed by atoms with Crippen LogP contribution in [0, 0.1) is 0 Å². The van der Waals surface area contributed by atoms with Gasteiger partial charge in [0.1, 0.15) is 5.60 Å². The van der Waals surface area contributed by atoms with Crippen LogP contribution in [0.3, 0.4) is 0 Å². The third-order valence-corrected chi connectivity index (χ3v) is 2.80. The van der Waals surface area contributed by atoms with Gasteiger partial charge in [0.25, 0.3) is 0 Å². The molecule has 0 saturated carbocycles. The summed E-state index contributed by atoms with van der Waals surface area (Å²) in [6, 6.07) is 18.4. The number of carbonyl (C=O) groups is 1. The lowest BCUT2D eigenvalue weighted by Crippen LogP contribution is -2.23. The van der Waals surface area contributed by atoms with Gasteiger partial charge in [-0.05, 0) is 31.5 Å². The summed E-state index contributed by atoms with van der Waals surface area (Å²) in [6.45, 7) is 3.70. The van der Waals surface area contributed by atoms with Gasteiger partial charge in [-0.3, -0.25) is 4.89 Å². The Balaban J connectivity index is 2.01. The van der Waals surface area contributed by atoms with Gasteiger partial charge in [0.2, 0.25) is 0 Å². The molecule has 0 saturated heterocycles. The summed E-state index contributed by atoms with van der Waals surface area (Å²) >= 11 is 0. The van der Waals surface area contributed by atoms with Crippen molar-refractivity contribution in [3.63, 3.8) is 0 Å². The first-order valence-corrected chi connectivity index (χ1v) is 6.10. The van der Waals surface area contributed by atoms with E-state index in [4.69, 9.17) is 9.78 Å². The van der Waals surface area contributed by atoms with Crippen molar-refractivity contribution in [2.45, 2.75) is 19.4 Å². The predicted octanol–water partition coefficient (Wildman–Crippen LogP) is 3.71. The van der Waals surface area contributed by atoms with Gasteiger partial charge in [-0.1, -0.05) is 48.5 Å². The van der Waals surface area contributed by atoms with Crippen molar-refractivity contribution in [3.05, 3.63) is 71.8 Å². The Bertz CT molecular complexity index is 532. The van der Waals surface area contributed by atoms with E-state index in [9.17, 15) is 4.79 Å². The summed E-state index contributed by atoms with van der Waals surface area (Å²) in [6.07, 6.45) is 0. The van der Waals surface area contributed by atoms with Crippen LogP contribution in [0.2, 0.25) is 0 Å². The average Bonchev–Trinajstić information content (AvgIpc) is 2.47. The summed E-state index contributed by atoms with van der Waals surface area (Å²) in [5, 5.41) is 0. The van der Waals surface area contributed by atoms with Crippen LogP contribution in [0.4, 0.5) is 0 Å². The van der Waals surface area contributed by atoms with Gasteiger partial charge in [0.05, 0.1) is 5.56 Å². The Hall–Kier alpha value is -2.13. The Morgan fingerprint density at radius 2 is 1.42 bits per heavy atom. The van der Waals surface area contributed by atoms with Gasteiger partial charge >= 0.3 is 5.97 Å². The second-order valence-corrected chi connectivity index (χ2v) is 4.70. The number of rotatable bonds is 4. The highest BCUT2D eigenvalue weighted by Crippen LogP contribution is 2.24. The highest BCUT2D eigenvalue weighted by molar-refractivity contribution is 5.88. The number of carbonyl (C=O) groups excluding carboxylic acids is 1. The van der Waals surface area contributed by atoms with Gasteiger partial charge in [-0.25, -0.2) is 4.79 Å². The maximum Gasteiger partial charge on any atom is 0.373 e. The smallest absolute Gasteiger partial charge is 0.292 e. The Morgan fingerprint density at radius 1 is 0.895 bits per heavy atom. The second kappa shape index (κ2) is 5.67. The summed E-state index contributed by atoms with van der Waals surface area (Å²) in [5.41, 5.74) is 0.716. The maximum atomic E-state index is 11.8. The lowest BCUT2D eigenvalue weighted by molar-refractivity contribution is -0.312. The van der Waals surface area contributed by atoms with E-state index in [0.717, 1.165) is 5.56 Å². The zero-order chi connectivity index (χ0) is 13.7. The van der Waals surface area contributed by atoms with E-state index < -0.39 is 11.6 Å². The summed E-state index contributed by atoms with van der Waals surface area (Å²) in [4.78, 5) is 22.0. The normalized spacial score (nSPS) is 11.1. The van der Waals surface area contributed by atoms with Crippen molar-refractivity contribution in [3.8, 4) is 0 Å². The fourth-order valence-electron chi connectivity index (χ4n) is 1.65. The molecule has 98 valence electrons. The molecule has 3 heteroatoms. The van der Waals surface area contributed by atoms with Gasteiger partial charge in [-0.2, -0.15) is 4.89 Å². The van der Waals surface area contributed by atoms with E-state index in [1.54, 1.807) is 24.3 Å². The molecule has 0 aliphatic heterocycles. The van der Waals surface area contributed by atoms with Gasteiger partial charge in [-0.15, -0.1) is 0 Å². The quantitative estimate of drug-likeness (QED) is 0.618. The van der Waals surface area contributed by atoms with E-state index >= 15 is 0 Å². The molecule has 0 radical (unpaired) electrons. The second-order valence-electron chi connectivity index (χ2n) is 4.70. The number of benzene rings is 2. The molecule has 0 fully saturated rings. The molecule has 2 aromatic carbocycles. The van der Waals surface area contributed by atoms with Crippen LogP contribution >= 0.6 is 0 Å². The number of hydrogen-bond donors (Lipinski definition) is 0. The molecule has 0 unspecified atom stereocenters. The molecule has 0 aliphatic carbocycles. The Morgan fingerprint density at radius 3 is 2.00 bits per heavy atom. The molecular weight excluding hydrogens is 240 g/mol. The fraction of sp³-hybridized carbons (Fsp3) is 0.188. The molecule has 19 heavy (non-hydrogen) atoms. The SMILES string of the molecule is CC(C)(OOC(=O)c1ccccc1)c1ccccc1. The molecular formula is C16H16O3. The molecule has 0 spiro atoms. The van der Waals surface area contributed by atoms with Crippen LogP contribution in [0.1, 0.15) is 29.8 Å².